The first-order valence-corrected chi connectivity index (χ1v) is 13.4. The molecule has 1 heterocycles. The first-order valence-electron chi connectivity index (χ1n) is 13.4. The summed E-state index contributed by atoms with van der Waals surface area (Å²) in [6.45, 7) is 9.75. The molecular weight excluding hydrogens is 523 g/mol. The number of rotatable bonds is 12. The lowest BCUT2D eigenvalue weighted by Gasteiger charge is -2.21. The Kier molecular flexibility index (Phi) is 10.4. The molecule has 3 rings (SSSR count). The van der Waals surface area contributed by atoms with Gasteiger partial charge in [0.05, 0.1) is 30.0 Å². The SMILES string of the molecule is CCC[C@H](Oc1cc(C)c(-n2cc(C(F)(F)F)cn2)c(C)c1)c1ccc(C(=O)NC[C@H](CC)C(=O)OCC)cc1. The number of aromatic nitrogens is 2. The van der Waals surface area contributed by atoms with Crippen LogP contribution in [0.2, 0.25) is 0 Å². The van der Waals surface area contributed by atoms with Gasteiger partial charge in [0.2, 0.25) is 0 Å². The van der Waals surface area contributed by atoms with Gasteiger partial charge in [0.15, 0.2) is 0 Å². The third kappa shape index (κ3) is 7.64. The lowest BCUT2D eigenvalue weighted by Crippen LogP contribution is -2.33. The lowest BCUT2D eigenvalue weighted by molar-refractivity contribution is -0.147. The molecule has 0 fully saturated rings. The fraction of sp³-hybridized carbons (Fsp3) is 0.433. The molecule has 3 aromatic rings. The van der Waals surface area contributed by atoms with Gasteiger partial charge < -0.3 is 14.8 Å². The van der Waals surface area contributed by atoms with Crippen LogP contribution in [-0.4, -0.2) is 34.8 Å². The molecule has 0 saturated carbocycles. The average Bonchev–Trinajstić information content (AvgIpc) is 3.39. The van der Waals surface area contributed by atoms with Crippen LogP contribution in [-0.2, 0) is 15.7 Å². The van der Waals surface area contributed by atoms with Crippen molar-refractivity contribution in [1.29, 1.82) is 0 Å². The first kappa shape index (κ1) is 30.7. The molecule has 2 aromatic carbocycles. The van der Waals surface area contributed by atoms with Crippen LogP contribution in [0.5, 0.6) is 5.75 Å². The van der Waals surface area contributed by atoms with Crippen molar-refractivity contribution in [2.75, 3.05) is 13.2 Å². The molecule has 216 valence electrons. The lowest BCUT2D eigenvalue weighted by atomic mass is 10.0. The van der Waals surface area contributed by atoms with E-state index in [1.807, 2.05) is 26.0 Å². The highest BCUT2D eigenvalue weighted by atomic mass is 19.4. The van der Waals surface area contributed by atoms with E-state index in [1.54, 1.807) is 45.0 Å². The zero-order valence-corrected chi connectivity index (χ0v) is 23.5. The van der Waals surface area contributed by atoms with Gasteiger partial charge in [-0.25, -0.2) is 4.68 Å². The maximum absolute atomic E-state index is 13.1. The summed E-state index contributed by atoms with van der Waals surface area (Å²) < 4.78 is 51.8. The predicted octanol–water partition coefficient (Wildman–Crippen LogP) is 6.75. The number of amides is 1. The van der Waals surface area contributed by atoms with E-state index in [1.165, 1.54) is 4.68 Å². The molecule has 0 aliphatic carbocycles. The van der Waals surface area contributed by atoms with Gasteiger partial charge in [0.25, 0.3) is 5.91 Å². The molecule has 1 amide bonds. The summed E-state index contributed by atoms with van der Waals surface area (Å²) in [4.78, 5) is 24.7. The zero-order valence-electron chi connectivity index (χ0n) is 23.5. The van der Waals surface area contributed by atoms with Crippen LogP contribution in [0.1, 0.15) is 78.7 Å². The van der Waals surface area contributed by atoms with Gasteiger partial charge in [-0.3, -0.25) is 9.59 Å². The van der Waals surface area contributed by atoms with Crippen molar-refractivity contribution < 1.29 is 32.2 Å². The van der Waals surface area contributed by atoms with Crippen LogP contribution in [0.4, 0.5) is 13.2 Å². The highest BCUT2D eigenvalue weighted by molar-refractivity contribution is 5.94. The molecule has 1 aromatic heterocycles. The molecular formula is C30H36F3N3O4. The maximum atomic E-state index is 13.1. The summed E-state index contributed by atoms with van der Waals surface area (Å²) in [7, 11) is 0. The molecule has 10 heteroatoms. The van der Waals surface area contributed by atoms with Gasteiger partial charge >= 0.3 is 12.1 Å². The largest absolute Gasteiger partial charge is 0.486 e. The second-order valence-corrected chi connectivity index (χ2v) is 9.66. The number of carbonyl (C=O) groups excluding carboxylic acids is 2. The van der Waals surface area contributed by atoms with Crippen LogP contribution in [0.15, 0.2) is 48.8 Å². The third-order valence-electron chi connectivity index (χ3n) is 6.60. The summed E-state index contributed by atoms with van der Waals surface area (Å²) in [5.74, 6) is -0.415. The Balaban J connectivity index is 1.73. The summed E-state index contributed by atoms with van der Waals surface area (Å²) in [6, 6.07) is 10.7. The van der Waals surface area contributed by atoms with Gasteiger partial charge in [0, 0.05) is 18.3 Å². The Morgan fingerprint density at radius 3 is 2.23 bits per heavy atom. The van der Waals surface area contributed by atoms with Gasteiger partial charge in [-0.1, -0.05) is 32.4 Å². The van der Waals surface area contributed by atoms with Gasteiger partial charge in [-0.05, 0) is 74.6 Å². The maximum Gasteiger partial charge on any atom is 0.419 e. The van der Waals surface area contributed by atoms with Crippen molar-refractivity contribution >= 4 is 11.9 Å². The summed E-state index contributed by atoms with van der Waals surface area (Å²) in [6.07, 6.45) is -0.834. The third-order valence-corrected chi connectivity index (χ3v) is 6.60. The number of nitrogens with zero attached hydrogens (tertiary/aromatic N) is 2. The molecule has 0 saturated heterocycles. The number of ether oxygens (including phenoxy) is 2. The minimum atomic E-state index is -4.47. The number of carbonyl (C=O) groups is 2. The topological polar surface area (TPSA) is 82.5 Å². The van der Waals surface area contributed by atoms with Crippen molar-refractivity contribution in [3.8, 4) is 11.4 Å². The monoisotopic (exact) mass is 559 g/mol. The van der Waals surface area contributed by atoms with Crippen LogP contribution >= 0.6 is 0 Å². The number of esters is 1. The fourth-order valence-electron chi connectivity index (χ4n) is 4.48. The smallest absolute Gasteiger partial charge is 0.419 e. The summed E-state index contributed by atoms with van der Waals surface area (Å²) >= 11 is 0. The molecule has 0 aliphatic rings. The van der Waals surface area contributed by atoms with Crippen molar-refractivity contribution in [1.82, 2.24) is 15.1 Å². The first-order chi connectivity index (χ1) is 19.0. The van der Waals surface area contributed by atoms with E-state index >= 15 is 0 Å². The predicted molar refractivity (Wildman–Crippen MR) is 146 cm³/mol. The Morgan fingerprint density at radius 1 is 1.05 bits per heavy atom. The molecule has 0 bridgehead atoms. The molecule has 40 heavy (non-hydrogen) atoms. The fourth-order valence-corrected chi connectivity index (χ4v) is 4.48. The van der Waals surface area contributed by atoms with Crippen LogP contribution in [0.25, 0.3) is 5.69 Å². The van der Waals surface area contributed by atoms with Crippen molar-refractivity contribution in [2.24, 2.45) is 5.92 Å². The molecule has 2 atom stereocenters. The van der Waals surface area contributed by atoms with Crippen molar-refractivity contribution in [3.05, 3.63) is 76.6 Å². The van der Waals surface area contributed by atoms with Crippen LogP contribution in [0.3, 0.4) is 0 Å². The van der Waals surface area contributed by atoms with E-state index in [0.29, 0.717) is 30.0 Å². The Morgan fingerprint density at radius 2 is 1.70 bits per heavy atom. The van der Waals surface area contributed by atoms with E-state index in [0.717, 1.165) is 41.9 Å². The highest BCUT2D eigenvalue weighted by Crippen LogP contribution is 2.33. The molecule has 0 radical (unpaired) electrons. The number of alkyl halides is 3. The quantitative estimate of drug-likeness (QED) is 0.248. The minimum Gasteiger partial charge on any atom is -0.486 e. The van der Waals surface area contributed by atoms with E-state index in [9.17, 15) is 22.8 Å². The van der Waals surface area contributed by atoms with Crippen molar-refractivity contribution in [3.63, 3.8) is 0 Å². The number of nitrogens with one attached hydrogen (secondary N) is 1. The molecule has 0 spiro atoms. The van der Waals surface area contributed by atoms with Gasteiger partial charge in [-0.15, -0.1) is 0 Å². The van der Waals surface area contributed by atoms with E-state index in [-0.39, 0.29) is 24.5 Å². The summed E-state index contributed by atoms with van der Waals surface area (Å²) in [5, 5.41) is 6.71. The Bertz CT molecular complexity index is 1280. The van der Waals surface area contributed by atoms with Crippen molar-refractivity contribution in [2.45, 2.75) is 66.2 Å². The molecule has 7 nitrogen and oxygen atoms in total. The average molecular weight is 560 g/mol. The van der Waals surface area contributed by atoms with Crippen LogP contribution < -0.4 is 10.1 Å². The van der Waals surface area contributed by atoms with E-state index in [2.05, 4.69) is 10.4 Å². The van der Waals surface area contributed by atoms with E-state index in [4.69, 9.17) is 9.47 Å². The number of benzene rings is 2. The van der Waals surface area contributed by atoms with E-state index < -0.39 is 17.7 Å². The molecule has 0 aliphatic heterocycles. The second kappa shape index (κ2) is 13.5. The van der Waals surface area contributed by atoms with Crippen LogP contribution in [0, 0.1) is 19.8 Å². The number of hydrogen-bond donors (Lipinski definition) is 1. The van der Waals surface area contributed by atoms with Gasteiger partial charge in [0.1, 0.15) is 11.9 Å². The standard InChI is InChI=1S/C30H36F3N3O4/c1-6-9-26(22-10-12-23(13-11-22)28(37)34-16-21(7-2)29(38)39-8-3)40-25-14-19(4)27(20(5)15-25)36-18-24(17-35-36)30(31,32)33/h10-15,17-18,21,26H,6-9,16H2,1-5H3,(H,34,37)/t21-,26-/m0/s1. The zero-order chi connectivity index (χ0) is 29.4. The Hall–Kier alpha value is -3.82. The minimum absolute atomic E-state index is 0.197. The second-order valence-electron chi connectivity index (χ2n) is 9.66. The summed E-state index contributed by atoms with van der Waals surface area (Å²) in [5.41, 5.74) is 2.56. The number of aryl methyl sites for hydroxylation is 2. The molecule has 0 unspecified atom stereocenters. The normalized spacial score (nSPS) is 13.0. The highest BCUT2D eigenvalue weighted by Gasteiger charge is 2.32. The number of hydrogen-bond acceptors (Lipinski definition) is 5. The molecule has 1 N–H and O–H groups in total. The number of halogens is 3. The van der Waals surface area contributed by atoms with Gasteiger partial charge in [-0.2, -0.15) is 18.3 Å². The Labute approximate surface area is 232 Å².